The average molecular weight is 317 g/mol. The van der Waals surface area contributed by atoms with Crippen molar-refractivity contribution in [2.24, 2.45) is 0 Å². The molecule has 0 fully saturated rings. The van der Waals surface area contributed by atoms with Crippen LogP contribution in [0.4, 0.5) is 5.82 Å². The van der Waals surface area contributed by atoms with Crippen molar-refractivity contribution in [3.8, 4) is 0 Å². The topological polar surface area (TPSA) is 70.7 Å². The van der Waals surface area contributed by atoms with Crippen LogP contribution in [0.15, 0.2) is 47.2 Å². The number of H-pyrrole nitrogens is 1. The summed E-state index contributed by atoms with van der Waals surface area (Å²) in [4.78, 5) is 16.0. The first-order chi connectivity index (χ1) is 9.24. The van der Waals surface area contributed by atoms with Crippen LogP contribution in [0.3, 0.4) is 0 Å². The second-order valence-corrected chi connectivity index (χ2v) is 4.88. The number of pyridine rings is 1. The first-order valence-electron chi connectivity index (χ1n) is 5.59. The molecule has 0 saturated carbocycles. The number of carbonyl (C=O) groups is 1. The molecule has 0 aliphatic heterocycles. The Kier molecular flexibility index (Phi) is 3.00. The van der Waals surface area contributed by atoms with E-state index in [-0.39, 0.29) is 5.91 Å². The molecule has 2 N–H and O–H groups in total. The fraction of sp³-hybridized carbons (Fsp3) is 0. The van der Waals surface area contributed by atoms with Crippen molar-refractivity contribution < 1.29 is 4.79 Å². The molecule has 2 heterocycles. The smallest absolute Gasteiger partial charge is 0.258 e. The molecule has 0 bridgehead atoms. The van der Waals surface area contributed by atoms with Crippen LogP contribution < -0.4 is 5.32 Å². The quantitative estimate of drug-likeness (QED) is 0.763. The molecule has 1 aromatic carbocycles. The summed E-state index contributed by atoms with van der Waals surface area (Å²) in [5, 5.41) is 10.6. The number of para-hydroxylation sites is 1. The van der Waals surface area contributed by atoms with Crippen molar-refractivity contribution >= 4 is 38.6 Å². The largest absolute Gasteiger partial charge is 0.305 e. The first kappa shape index (κ1) is 11.9. The van der Waals surface area contributed by atoms with Crippen LogP contribution in [0.2, 0.25) is 0 Å². The Bertz CT molecular complexity index is 753. The minimum atomic E-state index is -0.244. The third-order valence-corrected chi connectivity index (χ3v) is 3.10. The second-order valence-electron chi connectivity index (χ2n) is 3.96. The van der Waals surface area contributed by atoms with Gasteiger partial charge in [0.15, 0.2) is 5.82 Å². The van der Waals surface area contributed by atoms with Gasteiger partial charge in [0, 0.05) is 22.3 Å². The van der Waals surface area contributed by atoms with Gasteiger partial charge < -0.3 is 5.32 Å². The van der Waals surface area contributed by atoms with E-state index in [9.17, 15) is 4.79 Å². The highest BCUT2D eigenvalue weighted by Crippen LogP contribution is 2.20. The summed E-state index contributed by atoms with van der Waals surface area (Å²) in [5.74, 6) is 0.270. The number of carbonyl (C=O) groups excluding carboxylic acids is 1. The van der Waals surface area contributed by atoms with E-state index in [2.05, 4.69) is 36.4 Å². The number of halogens is 1. The number of anilines is 1. The predicted molar refractivity (Wildman–Crippen MR) is 76.0 cm³/mol. The number of hydrogen-bond donors (Lipinski definition) is 2. The lowest BCUT2D eigenvalue weighted by Gasteiger charge is -2.02. The number of hydrogen-bond acceptors (Lipinski definition) is 3. The molecule has 0 saturated heterocycles. The fourth-order valence-corrected chi connectivity index (χ4v) is 2.14. The number of amides is 1. The Morgan fingerprint density at radius 2 is 2.11 bits per heavy atom. The van der Waals surface area contributed by atoms with E-state index in [1.807, 2.05) is 24.3 Å². The molecule has 0 aliphatic rings. The number of benzene rings is 1. The molecule has 6 heteroatoms. The van der Waals surface area contributed by atoms with Crippen LogP contribution in [-0.2, 0) is 0 Å². The van der Waals surface area contributed by atoms with E-state index >= 15 is 0 Å². The van der Waals surface area contributed by atoms with Gasteiger partial charge in [-0.2, -0.15) is 5.10 Å². The zero-order chi connectivity index (χ0) is 13.2. The van der Waals surface area contributed by atoms with Gasteiger partial charge in [0.25, 0.3) is 5.91 Å². The van der Waals surface area contributed by atoms with Gasteiger partial charge in [-0.1, -0.05) is 12.1 Å². The molecule has 1 amide bonds. The number of nitrogens with one attached hydrogen (secondary N) is 2. The standard InChI is InChI=1S/C13H9BrN4O/c14-9-5-8(6-15-7-9)13(19)16-12-10-3-1-2-4-11(10)17-18-12/h1-7H,(H2,16,17,18,19). The molecule has 3 rings (SSSR count). The van der Waals surface area contributed by atoms with E-state index in [0.29, 0.717) is 11.4 Å². The van der Waals surface area contributed by atoms with E-state index < -0.39 is 0 Å². The first-order valence-corrected chi connectivity index (χ1v) is 6.38. The van der Waals surface area contributed by atoms with E-state index in [0.717, 1.165) is 15.4 Å². The molecular weight excluding hydrogens is 308 g/mol. The van der Waals surface area contributed by atoms with Crippen LogP contribution in [0.5, 0.6) is 0 Å². The average Bonchev–Trinajstić information content (AvgIpc) is 2.82. The SMILES string of the molecule is O=C(Nc1n[nH]c2ccccc12)c1cncc(Br)c1. The molecule has 5 nitrogen and oxygen atoms in total. The number of rotatable bonds is 2. The molecule has 0 radical (unpaired) electrons. The number of nitrogens with zero attached hydrogens (tertiary/aromatic N) is 2. The Morgan fingerprint density at radius 3 is 2.95 bits per heavy atom. The summed E-state index contributed by atoms with van der Waals surface area (Å²) in [6, 6.07) is 9.31. The second kappa shape index (κ2) is 4.81. The maximum atomic E-state index is 12.1. The van der Waals surface area contributed by atoms with Gasteiger partial charge in [-0.25, -0.2) is 0 Å². The Labute approximate surface area is 117 Å². The van der Waals surface area contributed by atoms with Crippen molar-refractivity contribution in [2.45, 2.75) is 0 Å². The summed E-state index contributed by atoms with van der Waals surface area (Å²) < 4.78 is 0.757. The minimum absolute atomic E-state index is 0.244. The van der Waals surface area contributed by atoms with Gasteiger partial charge >= 0.3 is 0 Å². The van der Waals surface area contributed by atoms with E-state index in [4.69, 9.17) is 0 Å². The third kappa shape index (κ3) is 2.34. The highest BCUT2D eigenvalue weighted by atomic mass is 79.9. The maximum Gasteiger partial charge on any atom is 0.258 e. The number of fused-ring (bicyclic) bond motifs is 1. The van der Waals surface area contributed by atoms with Crippen LogP contribution in [0.25, 0.3) is 10.9 Å². The van der Waals surface area contributed by atoms with Crippen LogP contribution >= 0.6 is 15.9 Å². The molecule has 0 aliphatic carbocycles. The molecule has 0 atom stereocenters. The summed E-state index contributed by atoms with van der Waals surface area (Å²) in [6.45, 7) is 0. The fourth-order valence-electron chi connectivity index (χ4n) is 1.77. The zero-order valence-electron chi connectivity index (χ0n) is 9.72. The Hall–Kier alpha value is -2.21. The van der Waals surface area contributed by atoms with Gasteiger partial charge in [0.1, 0.15) is 0 Å². The van der Waals surface area contributed by atoms with Gasteiger partial charge in [0.2, 0.25) is 0 Å². The molecule has 0 spiro atoms. The highest BCUT2D eigenvalue weighted by molar-refractivity contribution is 9.10. The minimum Gasteiger partial charge on any atom is -0.305 e. The highest BCUT2D eigenvalue weighted by Gasteiger charge is 2.11. The summed E-state index contributed by atoms with van der Waals surface area (Å²) in [7, 11) is 0. The molecule has 19 heavy (non-hydrogen) atoms. The lowest BCUT2D eigenvalue weighted by atomic mass is 10.2. The zero-order valence-corrected chi connectivity index (χ0v) is 11.3. The third-order valence-electron chi connectivity index (χ3n) is 2.67. The Morgan fingerprint density at radius 1 is 1.26 bits per heavy atom. The van der Waals surface area contributed by atoms with Gasteiger partial charge in [0.05, 0.1) is 11.1 Å². The van der Waals surface area contributed by atoms with E-state index in [1.165, 1.54) is 6.20 Å². The maximum absolute atomic E-state index is 12.1. The van der Waals surface area contributed by atoms with Crippen LogP contribution in [0, 0.1) is 0 Å². The van der Waals surface area contributed by atoms with Crippen molar-refractivity contribution in [3.05, 3.63) is 52.8 Å². The number of aromatic nitrogens is 3. The van der Waals surface area contributed by atoms with Crippen molar-refractivity contribution in [3.63, 3.8) is 0 Å². The lowest BCUT2D eigenvalue weighted by Crippen LogP contribution is -2.12. The van der Waals surface area contributed by atoms with Crippen molar-refractivity contribution in [1.82, 2.24) is 15.2 Å². The number of aromatic amines is 1. The molecule has 94 valence electrons. The van der Waals surface area contributed by atoms with Crippen molar-refractivity contribution in [1.29, 1.82) is 0 Å². The summed E-state index contributed by atoms with van der Waals surface area (Å²) in [5.41, 5.74) is 1.35. The van der Waals surface area contributed by atoms with Crippen LogP contribution in [0.1, 0.15) is 10.4 Å². The van der Waals surface area contributed by atoms with Gasteiger partial charge in [-0.3, -0.25) is 14.9 Å². The predicted octanol–water partition coefficient (Wildman–Crippen LogP) is 2.97. The molecular formula is C13H9BrN4O. The van der Waals surface area contributed by atoms with E-state index in [1.54, 1.807) is 12.3 Å². The molecule has 3 aromatic rings. The summed E-state index contributed by atoms with van der Waals surface area (Å²) in [6.07, 6.45) is 3.13. The molecule has 2 aromatic heterocycles. The van der Waals surface area contributed by atoms with Crippen molar-refractivity contribution in [2.75, 3.05) is 5.32 Å². The normalized spacial score (nSPS) is 10.6. The monoisotopic (exact) mass is 316 g/mol. The lowest BCUT2D eigenvalue weighted by molar-refractivity contribution is 0.102. The van der Waals surface area contributed by atoms with Gasteiger partial charge in [-0.05, 0) is 34.1 Å². The van der Waals surface area contributed by atoms with Gasteiger partial charge in [-0.15, -0.1) is 0 Å². The Balaban J connectivity index is 1.91. The summed E-state index contributed by atoms with van der Waals surface area (Å²) >= 11 is 3.28. The van der Waals surface area contributed by atoms with Crippen LogP contribution in [-0.4, -0.2) is 21.1 Å². The molecule has 0 unspecified atom stereocenters.